The number of ketones is 1. The zero-order chi connectivity index (χ0) is 30.1. The third kappa shape index (κ3) is 5.43. The topological polar surface area (TPSA) is 126 Å². The van der Waals surface area contributed by atoms with Gasteiger partial charge in [0.15, 0.2) is 17.3 Å². The standard InChI is InChI=1S/C33H30N2O8/c1-19-30(33(37)41-13-12-20-6-4-3-5-7-20)31(24-16-28-29(43-18-42-28)17-26(24)35(38)39)32-25(34-19)14-22(15-27(32)36)21-8-10-23(40-2)11-9-21/h3-11,16-17,22,31,34H,12-15,18H2,1-2H3/t22-,31+/m1/s1. The number of nitrogens with zero attached hydrogens (tertiary/aromatic N) is 1. The minimum absolute atomic E-state index is 0.0815. The summed E-state index contributed by atoms with van der Waals surface area (Å²) in [5, 5.41) is 15.6. The van der Waals surface area contributed by atoms with Gasteiger partial charge in [-0.25, -0.2) is 4.79 Å². The van der Waals surface area contributed by atoms with E-state index in [-0.39, 0.29) is 54.1 Å². The van der Waals surface area contributed by atoms with Gasteiger partial charge in [0.25, 0.3) is 5.69 Å². The molecule has 3 aromatic rings. The second kappa shape index (κ2) is 11.6. The molecule has 10 nitrogen and oxygen atoms in total. The van der Waals surface area contributed by atoms with Gasteiger partial charge in [0, 0.05) is 35.4 Å². The van der Waals surface area contributed by atoms with Crippen LogP contribution in [0.25, 0.3) is 0 Å². The van der Waals surface area contributed by atoms with Crippen molar-refractivity contribution in [1.82, 2.24) is 5.32 Å². The Morgan fingerprint density at radius 2 is 1.77 bits per heavy atom. The molecule has 220 valence electrons. The van der Waals surface area contributed by atoms with Gasteiger partial charge in [-0.15, -0.1) is 0 Å². The first-order valence-corrected chi connectivity index (χ1v) is 14.0. The largest absolute Gasteiger partial charge is 0.497 e. The van der Waals surface area contributed by atoms with Gasteiger partial charge in [0.1, 0.15) is 5.75 Å². The normalized spacial score (nSPS) is 19.1. The van der Waals surface area contributed by atoms with E-state index in [0.717, 1.165) is 11.1 Å². The highest BCUT2D eigenvalue weighted by Crippen LogP contribution is 2.50. The molecule has 0 bridgehead atoms. The molecule has 2 atom stereocenters. The van der Waals surface area contributed by atoms with E-state index in [9.17, 15) is 19.7 Å². The number of hydrogen-bond donors (Lipinski definition) is 1. The summed E-state index contributed by atoms with van der Waals surface area (Å²) in [6.07, 6.45) is 1.16. The van der Waals surface area contributed by atoms with E-state index in [0.29, 0.717) is 41.3 Å². The smallest absolute Gasteiger partial charge is 0.336 e. The molecule has 0 aromatic heterocycles. The van der Waals surface area contributed by atoms with Crippen molar-refractivity contribution in [1.29, 1.82) is 0 Å². The summed E-state index contributed by atoms with van der Waals surface area (Å²) in [5.74, 6) is -0.728. The number of carbonyl (C=O) groups excluding carboxylic acids is 2. The molecule has 6 rings (SSSR count). The molecule has 2 heterocycles. The van der Waals surface area contributed by atoms with Gasteiger partial charge < -0.3 is 24.3 Å². The lowest BCUT2D eigenvalue weighted by Crippen LogP contribution is -2.36. The Bertz CT molecular complexity index is 1660. The predicted molar refractivity (Wildman–Crippen MR) is 156 cm³/mol. The molecule has 0 saturated carbocycles. The highest BCUT2D eigenvalue weighted by Gasteiger charge is 2.44. The molecule has 2 aliphatic heterocycles. The molecule has 3 aromatic carbocycles. The van der Waals surface area contributed by atoms with Crippen LogP contribution in [0.1, 0.15) is 48.3 Å². The molecular formula is C33H30N2O8. The van der Waals surface area contributed by atoms with Crippen LogP contribution in [0.5, 0.6) is 17.2 Å². The highest BCUT2D eigenvalue weighted by atomic mass is 16.7. The van der Waals surface area contributed by atoms with Crippen LogP contribution < -0.4 is 19.5 Å². The van der Waals surface area contributed by atoms with Crippen LogP contribution in [-0.2, 0) is 20.7 Å². The summed E-state index contributed by atoms with van der Waals surface area (Å²) >= 11 is 0. The number of rotatable bonds is 8. The van der Waals surface area contributed by atoms with Gasteiger partial charge in [-0.05, 0) is 48.6 Å². The van der Waals surface area contributed by atoms with Crippen LogP contribution in [-0.4, -0.2) is 37.2 Å². The summed E-state index contributed by atoms with van der Waals surface area (Å²) in [6, 6.07) is 20.0. The number of benzene rings is 3. The number of fused-ring (bicyclic) bond motifs is 1. The number of allylic oxidation sites excluding steroid dienone is 3. The van der Waals surface area contributed by atoms with Crippen LogP contribution >= 0.6 is 0 Å². The van der Waals surface area contributed by atoms with E-state index in [4.69, 9.17) is 18.9 Å². The van der Waals surface area contributed by atoms with E-state index >= 15 is 0 Å². The molecule has 0 saturated heterocycles. The summed E-state index contributed by atoms with van der Waals surface area (Å²) in [4.78, 5) is 39.5. The number of nitro groups is 1. The number of carbonyl (C=O) groups is 2. The van der Waals surface area contributed by atoms with Gasteiger partial charge in [-0.1, -0.05) is 42.5 Å². The number of methoxy groups -OCH3 is 1. The highest BCUT2D eigenvalue weighted by molar-refractivity contribution is 6.04. The first-order chi connectivity index (χ1) is 20.8. The predicted octanol–water partition coefficient (Wildman–Crippen LogP) is 5.48. The van der Waals surface area contributed by atoms with Crippen molar-refractivity contribution in [3.8, 4) is 17.2 Å². The number of dihydropyridines is 1. The first kappa shape index (κ1) is 28.0. The van der Waals surface area contributed by atoms with Gasteiger partial charge in [-0.2, -0.15) is 0 Å². The first-order valence-electron chi connectivity index (χ1n) is 14.0. The molecule has 0 spiro atoms. The number of nitro benzene ring substituents is 1. The van der Waals surface area contributed by atoms with Crippen LogP contribution in [0.3, 0.4) is 0 Å². The molecule has 43 heavy (non-hydrogen) atoms. The van der Waals surface area contributed by atoms with Gasteiger partial charge in [0.2, 0.25) is 6.79 Å². The van der Waals surface area contributed by atoms with E-state index in [1.165, 1.54) is 12.1 Å². The molecule has 0 radical (unpaired) electrons. The van der Waals surface area contributed by atoms with Gasteiger partial charge in [-0.3, -0.25) is 14.9 Å². The number of esters is 1. The van der Waals surface area contributed by atoms with E-state index in [1.807, 2.05) is 54.6 Å². The fourth-order valence-corrected chi connectivity index (χ4v) is 6.05. The average Bonchev–Trinajstić information content (AvgIpc) is 3.48. The van der Waals surface area contributed by atoms with Crippen molar-refractivity contribution in [2.24, 2.45) is 0 Å². The lowest BCUT2D eigenvalue weighted by molar-refractivity contribution is -0.385. The van der Waals surface area contributed by atoms with Gasteiger partial charge >= 0.3 is 5.97 Å². The Balaban J connectivity index is 1.40. The molecule has 1 aliphatic carbocycles. The Morgan fingerprint density at radius 1 is 1.05 bits per heavy atom. The van der Waals surface area contributed by atoms with Crippen molar-refractivity contribution < 1.29 is 33.5 Å². The summed E-state index contributed by atoms with van der Waals surface area (Å²) in [5.41, 5.74) is 3.47. The lowest BCUT2D eigenvalue weighted by atomic mass is 9.71. The number of hydrogen-bond acceptors (Lipinski definition) is 9. The van der Waals surface area contributed by atoms with Crippen molar-refractivity contribution >= 4 is 17.4 Å². The van der Waals surface area contributed by atoms with Crippen LogP contribution in [0.4, 0.5) is 5.69 Å². The van der Waals surface area contributed by atoms with E-state index < -0.39 is 16.8 Å². The minimum atomic E-state index is -1.03. The maximum atomic E-state index is 14.0. The van der Waals surface area contributed by atoms with E-state index in [1.54, 1.807) is 14.0 Å². The third-order valence-corrected chi connectivity index (χ3v) is 8.13. The zero-order valence-corrected chi connectivity index (χ0v) is 23.8. The Kier molecular flexibility index (Phi) is 7.58. The summed E-state index contributed by atoms with van der Waals surface area (Å²) in [7, 11) is 1.59. The average molecular weight is 583 g/mol. The number of ether oxygens (including phenoxy) is 4. The monoisotopic (exact) mass is 582 g/mol. The summed E-state index contributed by atoms with van der Waals surface area (Å²) in [6.45, 7) is 1.75. The second-order valence-electron chi connectivity index (χ2n) is 10.7. The minimum Gasteiger partial charge on any atom is -0.497 e. The van der Waals surface area contributed by atoms with E-state index in [2.05, 4.69) is 5.32 Å². The maximum Gasteiger partial charge on any atom is 0.336 e. The Labute approximate surface area is 248 Å². The Morgan fingerprint density at radius 3 is 2.47 bits per heavy atom. The van der Waals surface area contributed by atoms with Crippen molar-refractivity contribution in [2.45, 2.75) is 38.0 Å². The zero-order valence-electron chi connectivity index (χ0n) is 23.8. The molecule has 0 fully saturated rings. The molecular weight excluding hydrogens is 552 g/mol. The molecule has 0 unspecified atom stereocenters. The third-order valence-electron chi connectivity index (χ3n) is 8.13. The molecule has 10 heteroatoms. The number of Topliss-reactive ketones (excluding diaryl/α,β-unsaturated/α-hetero) is 1. The van der Waals surface area contributed by atoms with Crippen molar-refractivity contribution in [3.05, 3.63) is 116 Å². The quantitative estimate of drug-likeness (QED) is 0.209. The molecule has 3 aliphatic rings. The van der Waals surface area contributed by atoms with Crippen LogP contribution in [0.15, 0.2) is 89.3 Å². The van der Waals surface area contributed by atoms with Gasteiger partial charge in [0.05, 0.1) is 36.2 Å². The fraction of sp³-hybridized carbons (Fsp3) is 0.273. The molecule has 1 N–H and O–H groups in total. The number of nitrogens with one attached hydrogen (secondary N) is 1. The van der Waals surface area contributed by atoms with Crippen molar-refractivity contribution in [3.63, 3.8) is 0 Å². The fourth-order valence-electron chi connectivity index (χ4n) is 6.05. The maximum absolute atomic E-state index is 14.0. The van der Waals surface area contributed by atoms with Crippen LogP contribution in [0.2, 0.25) is 0 Å². The second-order valence-corrected chi connectivity index (χ2v) is 10.7. The Hall–Kier alpha value is -5.12. The van der Waals surface area contributed by atoms with Crippen molar-refractivity contribution in [2.75, 3.05) is 20.5 Å². The lowest BCUT2D eigenvalue weighted by Gasteiger charge is -2.36. The summed E-state index contributed by atoms with van der Waals surface area (Å²) < 4.78 is 21.9. The van der Waals surface area contributed by atoms with Crippen LogP contribution in [0, 0.1) is 10.1 Å². The molecule has 0 amide bonds. The SMILES string of the molecule is COc1ccc([C@H]2CC(=O)C3=C(C2)NC(C)=C(C(=O)OCCc2ccccc2)[C@@H]3c2cc3c(cc2[N+](=O)[O-])OCO3)cc1.